The summed E-state index contributed by atoms with van der Waals surface area (Å²) in [5, 5.41) is 4.49. The van der Waals surface area contributed by atoms with E-state index >= 15 is 0 Å². The molecule has 3 rings (SSSR count). The number of hydrogen-bond acceptors (Lipinski definition) is 4. The van der Waals surface area contributed by atoms with Crippen molar-refractivity contribution in [2.75, 3.05) is 5.73 Å². The largest absolute Gasteiger partial charge is 0.399 e. The first-order chi connectivity index (χ1) is 9.22. The highest BCUT2D eigenvalue weighted by Gasteiger charge is 2.11. The van der Waals surface area contributed by atoms with Gasteiger partial charge < -0.3 is 10.3 Å². The normalized spacial score (nSPS) is 10.6. The number of nitrogen functional groups attached to an aromatic ring is 1. The first-order valence-electron chi connectivity index (χ1n) is 5.68. The van der Waals surface area contributed by atoms with Crippen LogP contribution < -0.4 is 5.73 Å². The van der Waals surface area contributed by atoms with Crippen molar-refractivity contribution >= 4 is 17.3 Å². The molecular weight excluding hydrogens is 262 g/mol. The lowest BCUT2D eigenvalue weighted by atomic mass is 10.2. The van der Waals surface area contributed by atoms with Gasteiger partial charge in [-0.3, -0.25) is 0 Å². The lowest BCUT2D eigenvalue weighted by Gasteiger charge is -1.98. The van der Waals surface area contributed by atoms with Gasteiger partial charge in [-0.1, -0.05) is 47.1 Å². The van der Waals surface area contributed by atoms with Crippen molar-refractivity contribution in [3.05, 3.63) is 53.6 Å². The van der Waals surface area contributed by atoms with E-state index in [2.05, 4.69) is 10.1 Å². The summed E-state index contributed by atoms with van der Waals surface area (Å²) < 4.78 is 5.24. The molecule has 19 heavy (non-hydrogen) atoms. The fourth-order valence-electron chi connectivity index (χ4n) is 1.78. The predicted molar refractivity (Wildman–Crippen MR) is 74.6 cm³/mol. The third-order valence-corrected chi connectivity index (χ3v) is 2.84. The van der Waals surface area contributed by atoms with Gasteiger partial charge in [-0.05, 0) is 18.2 Å². The number of aromatic nitrogens is 2. The Balaban J connectivity index is 2.02. The molecule has 1 aromatic heterocycles. The van der Waals surface area contributed by atoms with E-state index in [1.807, 2.05) is 30.3 Å². The SMILES string of the molecule is Nc1cc(Cl)cc(-c2nc(-c3ccccc3)no2)c1. The minimum Gasteiger partial charge on any atom is -0.399 e. The average Bonchev–Trinajstić information content (AvgIpc) is 2.88. The Labute approximate surface area is 114 Å². The molecule has 0 spiro atoms. The third-order valence-electron chi connectivity index (χ3n) is 2.63. The van der Waals surface area contributed by atoms with Gasteiger partial charge in [-0.15, -0.1) is 0 Å². The highest BCUT2D eigenvalue weighted by Crippen LogP contribution is 2.26. The quantitative estimate of drug-likeness (QED) is 0.723. The summed E-state index contributed by atoms with van der Waals surface area (Å²) in [5.41, 5.74) is 7.90. The van der Waals surface area contributed by atoms with Gasteiger partial charge in [0, 0.05) is 21.8 Å². The Morgan fingerprint density at radius 1 is 1.00 bits per heavy atom. The van der Waals surface area contributed by atoms with Crippen molar-refractivity contribution in [2.24, 2.45) is 0 Å². The zero-order valence-electron chi connectivity index (χ0n) is 9.88. The molecule has 0 unspecified atom stereocenters. The van der Waals surface area contributed by atoms with Crippen LogP contribution in [0, 0.1) is 0 Å². The van der Waals surface area contributed by atoms with Crippen LogP contribution in [0.1, 0.15) is 0 Å². The Hall–Kier alpha value is -2.33. The number of anilines is 1. The molecule has 0 aliphatic carbocycles. The van der Waals surface area contributed by atoms with E-state index in [4.69, 9.17) is 21.9 Å². The summed E-state index contributed by atoms with van der Waals surface area (Å²) in [6.07, 6.45) is 0. The van der Waals surface area contributed by atoms with E-state index in [0.29, 0.717) is 28.0 Å². The van der Waals surface area contributed by atoms with E-state index in [1.165, 1.54) is 0 Å². The molecule has 2 aromatic carbocycles. The van der Waals surface area contributed by atoms with E-state index in [9.17, 15) is 0 Å². The molecule has 0 fully saturated rings. The van der Waals surface area contributed by atoms with Crippen LogP contribution >= 0.6 is 11.6 Å². The Bertz CT molecular complexity index is 689. The first-order valence-corrected chi connectivity index (χ1v) is 6.06. The van der Waals surface area contributed by atoms with Crippen LogP contribution in [0.25, 0.3) is 22.8 Å². The molecule has 5 heteroatoms. The van der Waals surface area contributed by atoms with Crippen molar-refractivity contribution in [2.45, 2.75) is 0 Å². The van der Waals surface area contributed by atoms with Gasteiger partial charge in [0.25, 0.3) is 5.89 Å². The van der Waals surface area contributed by atoms with Crippen molar-refractivity contribution in [3.8, 4) is 22.8 Å². The molecule has 1 heterocycles. The number of hydrogen-bond donors (Lipinski definition) is 1. The molecule has 0 atom stereocenters. The highest BCUT2D eigenvalue weighted by atomic mass is 35.5. The van der Waals surface area contributed by atoms with Crippen LogP contribution in [0.2, 0.25) is 5.02 Å². The molecule has 0 radical (unpaired) electrons. The molecule has 0 aliphatic heterocycles. The van der Waals surface area contributed by atoms with Gasteiger partial charge in [0.1, 0.15) is 0 Å². The van der Waals surface area contributed by atoms with Crippen molar-refractivity contribution in [1.82, 2.24) is 10.1 Å². The fourth-order valence-corrected chi connectivity index (χ4v) is 2.02. The van der Waals surface area contributed by atoms with E-state index in [-0.39, 0.29) is 0 Å². The molecule has 3 aromatic rings. The van der Waals surface area contributed by atoms with Crippen LogP contribution in [0.4, 0.5) is 5.69 Å². The maximum absolute atomic E-state index is 5.95. The molecule has 4 nitrogen and oxygen atoms in total. The van der Waals surface area contributed by atoms with Gasteiger partial charge in [0.2, 0.25) is 5.82 Å². The van der Waals surface area contributed by atoms with E-state index in [1.54, 1.807) is 18.2 Å². The molecule has 0 aliphatic rings. The zero-order valence-corrected chi connectivity index (χ0v) is 10.6. The van der Waals surface area contributed by atoms with Crippen LogP contribution in [0.15, 0.2) is 53.1 Å². The van der Waals surface area contributed by atoms with E-state index in [0.717, 1.165) is 5.56 Å². The van der Waals surface area contributed by atoms with E-state index < -0.39 is 0 Å². The maximum atomic E-state index is 5.95. The molecule has 0 saturated heterocycles. The Kier molecular flexibility index (Phi) is 2.93. The van der Waals surface area contributed by atoms with Crippen LogP contribution in [0.5, 0.6) is 0 Å². The summed E-state index contributed by atoms with van der Waals surface area (Å²) in [4.78, 5) is 4.34. The molecule has 0 bridgehead atoms. The van der Waals surface area contributed by atoms with Gasteiger partial charge in [0.15, 0.2) is 0 Å². The van der Waals surface area contributed by atoms with Crippen LogP contribution in [-0.2, 0) is 0 Å². The summed E-state index contributed by atoms with van der Waals surface area (Å²) in [6.45, 7) is 0. The highest BCUT2D eigenvalue weighted by molar-refractivity contribution is 6.31. The summed E-state index contributed by atoms with van der Waals surface area (Å²) in [7, 11) is 0. The molecular formula is C14H10ClN3O. The Morgan fingerprint density at radius 3 is 2.53 bits per heavy atom. The molecule has 2 N–H and O–H groups in total. The van der Waals surface area contributed by atoms with Gasteiger partial charge in [0.05, 0.1) is 0 Å². The second kappa shape index (κ2) is 4.74. The summed E-state index contributed by atoms with van der Waals surface area (Å²) in [6, 6.07) is 14.8. The standard InChI is InChI=1S/C14H10ClN3O/c15-11-6-10(7-12(16)8-11)14-17-13(18-19-14)9-4-2-1-3-5-9/h1-8H,16H2. The minimum atomic E-state index is 0.396. The van der Waals surface area contributed by atoms with Crippen molar-refractivity contribution < 1.29 is 4.52 Å². The number of rotatable bonds is 2. The van der Waals surface area contributed by atoms with Gasteiger partial charge in [-0.25, -0.2) is 0 Å². The number of nitrogens with two attached hydrogens (primary N) is 1. The van der Waals surface area contributed by atoms with Crippen LogP contribution in [-0.4, -0.2) is 10.1 Å². The zero-order chi connectivity index (χ0) is 13.2. The number of nitrogens with zero attached hydrogens (tertiary/aromatic N) is 2. The predicted octanol–water partition coefficient (Wildman–Crippen LogP) is 3.64. The number of halogens is 1. The van der Waals surface area contributed by atoms with Crippen LogP contribution in [0.3, 0.4) is 0 Å². The molecule has 0 saturated carbocycles. The summed E-state index contributed by atoms with van der Waals surface area (Å²) in [5.74, 6) is 0.933. The Morgan fingerprint density at radius 2 is 1.79 bits per heavy atom. The summed E-state index contributed by atoms with van der Waals surface area (Å²) >= 11 is 5.95. The molecule has 94 valence electrons. The smallest absolute Gasteiger partial charge is 0.258 e. The minimum absolute atomic E-state index is 0.396. The molecule has 0 amide bonds. The van der Waals surface area contributed by atoms with Gasteiger partial charge >= 0.3 is 0 Å². The second-order valence-electron chi connectivity index (χ2n) is 4.06. The van der Waals surface area contributed by atoms with Crippen molar-refractivity contribution in [3.63, 3.8) is 0 Å². The monoisotopic (exact) mass is 271 g/mol. The topological polar surface area (TPSA) is 64.9 Å². The third kappa shape index (κ3) is 2.44. The number of benzene rings is 2. The average molecular weight is 272 g/mol. The lowest BCUT2D eigenvalue weighted by Crippen LogP contribution is -1.86. The van der Waals surface area contributed by atoms with Crippen molar-refractivity contribution in [1.29, 1.82) is 0 Å². The fraction of sp³-hybridized carbons (Fsp3) is 0. The lowest BCUT2D eigenvalue weighted by molar-refractivity contribution is 0.432. The second-order valence-corrected chi connectivity index (χ2v) is 4.50. The maximum Gasteiger partial charge on any atom is 0.258 e. The first kappa shape index (κ1) is 11.7. The van der Waals surface area contributed by atoms with Gasteiger partial charge in [-0.2, -0.15) is 4.98 Å².